The molecular formula is C11H14N4O2. The number of nitrogens with one attached hydrogen (secondary N) is 3. The Morgan fingerprint density at radius 2 is 2.35 bits per heavy atom. The van der Waals surface area contributed by atoms with Crippen LogP contribution in [0.4, 0.5) is 0 Å². The number of nitrogens with zero attached hydrogens (tertiary/aromatic N) is 1. The van der Waals surface area contributed by atoms with Crippen molar-refractivity contribution in [3.8, 4) is 0 Å². The molecule has 2 rings (SSSR count). The van der Waals surface area contributed by atoms with Crippen molar-refractivity contribution in [1.29, 1.82) is 0 Å². The summed E-state index contributed by atoms with van der Waals surface area (Å²) in [5, 5.41) is 11.9. The fraction of sp³-hybridized carbons (Fsp3) is 0.364. The lowest BCUT2D eigenvalue weighted by Gasteiger charge is -2.14. The van der Waals surface area contributed by atoms with Crippen LogP contribution < -0.4 is 16.2 Å². The second-order valence-electron chi connectivity index (χ2n) is 3.81. The van der Waals surface area contributed by atoms with E-state index in [1.165, 1.54) is 17.7 Å². The van der Waals surface area contributed by atoms with Crippen molar-refractivity contribution in [3.05, 3.63) is 39.8 Å². The van der Waals surface area contributed by atoms with Crippen LogP contribution in [0.15, 0.2) is 28.6 Å². The van der Waals surface area contributed by atoms with Crippen LogP contribution >= 0.6 is 0 Å². The summed E-state index contributed by atoms with van der Waals surface area (Å²) in [7, 11) is 0. The van der Waals surface area contributed by atoms with Gasteiger partial charge in [0, 0.05) is 19.2 Å². The standard InChI is InChI=1S/C11H14N4O2/c16-10-2-1-9(14-15-10)11(17)13-7-8-3-5-12-6-4-8/h1-3,12H,4-7H2,(H,13,17)(H,15,16). The van der Waals surface area contributed by atoms with Crippen molar-refractivity contribution >= 4 is 5.91 Å². The lowest BCUT2D eigenvalue weighted by Crippen LogP contribution is -2.30. The summed E-state index contributed by atoms with van der Waals surface area (Å²) in [5.41, 5.74) is 1.11. The van der Waals surface area contributed by atoms with Gasteiger partial charge in [-0.1, -0.05) is 11.6 Å². The lowest BCUT2D eigenvalue weighted by molar-refractivity contribution is 0.0950. The number of H-pyrrole nitrogens is 1. The molecule has 0 spiro atoms. The van der Waals surface area contributed by atoms with E-state index in [9.17, 15) is 9.59 Å². The van der Waals surface area contributed by atoms with Gasteiger partial charge in [0.2, 0.25) is 0 Å². The van der Waals surface area contributed by atoms with E-state index in [0.29, 0.717) is 6.54 Å². The molecule has 1 aromatic rings. The highest BCUT2D eigenvalue weighted by atomic mass is 16.2. The average molecular weight is 234 g/mol. The van der Waals surface area contributed by atoms with Crippen LogP contribution in [-0.2, 0) is 0 Å². The predicted molar refractivity (Wildman–Crippen MR) is 62.8 cm³/mol. The predicted octanol–water partition coefficient (Wildman–Crippen LogP) is -0.581. The van der Waals surface area contributed by atoms with Gasteiger partial charge < -0.3 is 10.6 Å². The number of carbonyl (C=O) groups excluding carboxylic acids is 1. The van der Waals surface area contributed by atoms with Crippen molar-refractivity contribution < 1.29 is 4.79 Å². The minimum absolute atomic E-state index is 0.221. The first-order valence-electron chi connectivity index (χ1n) is 5.48. The van der Waals surface area contributed by atoms with E-state index >= 15 is 0 Å². The highest BCUT2D eigenvalue weighted by molar-refractivity contribution is 5.92. The Labute approximate surface area is 98.1 Å². The van der Waals surface area contributed by atoms with E-state index in [4.69, 9.17) is 0 Å². The second kappa shape index (κ2) is 5.40. The third-order valence-corrected chi connectivity index (χ3v) is 2.55. The molecule has 0 bridgehead atoms. The maximum absolute atomic E-state index is 11.7. The number of carbonyl (C=O) groups is 1. The summed E-state index contributed by atoms with van der Waals surface area (Å²) >= 11 is 0. The number of aromatic nitrogens is 2. The van der Waals surface area contributed by atoms with Gasteiger partial charge in [0.05, 0.1) is 0 Å². The topological polar surface area (TPSA) is 86.9 Å². The summed E-state index contributed by atoms with van der Waals surface area (Å²) in [4.78, 5) is 22.4. The maximum atomic E-state index is 11.7. The van der Waals surface area contributed by atoms with Gasteiger partial charge in [0.15, 0.2) is 0 Å². The minimum Gasteiger partial charge on any atom is -0.347 e. The molecule has 3 N–H and O–H groups in total. The van der Waals surface area contributed by atoms with Gasteiger partial charge in [-0.05, 0) is 19.0 Å². The molecule has 2 heterocycles. The molecule has 6 heteroatoms. The molecular weight excluding hydrogens is 220 g/mol. The molecule has 1 aromatic heterocycles. The number of hydrogen-bond donors (Lipinski definition) is 3. The van der Waals surface area contributed by atoms with Crippen LogP contribution in [0.25, 0.3) is 0 Å². The smallest absolute Gasteiger partial charge is 0.271 e. The summed E-state index contributed by atoms with van der Waals surface area (Å²) in [5.74, 6) is -0.277. The van der Waals surface area contributed by atoms with Crippen molar-refractivity contribution in [2.45, 2.75) is 6.42 Å². The fourth-order valence-corrected chi connectivity index (χ4v) is 1.59. The van der Waals surface area contributed by atoms with Crippen molar-refractivity contribution in [2.75, 3.05) is 19.6 Å². The molecule has 0 unspecified atom stereocenters. The molecule has 0 saturated carbocycles. The zero-order valence-corrected chi connectivity index (χ0v) is 9.32. The molecule has 0 atom stereocenters. The molecule has 1 aliphatic heterocycles. The monoisotopic (exact) mass is 234 g/mol. The molecule has 90 valence electrons. The molecule has 6 nitrogen and oxygen atoms in total. The Morgan fingerprint density at radius 3 is 3.00 bits per heavy atom. The first-order valence-corrected chi connectivity index (χ1v) is 5.48. The van der Waals surface area contributed by atoms with Crippen molar-refractivity contribution in [2.24, 2.45) is 0 Å². The molecule has 1 amide bonds. The average Bonchev–Trinajstić information content (AvgIpc) is 2.38. The van der Waals surface area contributed by atoms with Gasteiger partial charge in [-0.25, -0.2) is 5.10 Å². The minimum atomic E-state index is -0.317. The van der Waals surface area contributed by atoms with E-state index < -0.39 is 0 Å². The maximum Gasteiger partial charge on any atom is 0.271 e. The van der Waals surface area contributed by atoms with Gasteiger partial charge in [-0.3, -0.25) is 9.59 Å². The normalized spacial score (nSPS) is 15.2. The van der Waals surface area contributed by atoms with Crippen LogP contribution in [0.2, 0.25) is 0 Å². The zero-order chi connectivity index (χ0) is 12.1. The van der Waals surface area contributed by atoms with Gasteiger partial charge >= 0.3 is 0 Å². The Hall–Kier alpha value is -1.95. The fourth-order valence-electron chi connectivity index (χ4n) is 1.59. The number of hydrogen-bond acceptors (Lipinski definition) is 4. The van der Waals surface area contributed by atoms with E-state index in [-0.39, 0.29) is 17.2 Å². The molecule has 0 fully saturated rings. The quantitative estimate of drug-likeness (QED) is 0.611. The van der Waals surface area contributed by atoms with Gasteiger partial charge in [-0.15, -0.1) is 0 Å². The summed E-state index contributed by atoms with van der Waals surface area (Å²) in [6.45, 7) is 2.32. The molecule has 0 aromatic carbocycles. The summed E-state index contributed by atoms with van der Waals surface area (Å²) in [6.07, 6.45) is 3.02. The zero-order valence-electron chi connectivity index (χ0n) is 9.32. The van der Waals surface area contributed by atoms with E-state index in [1.54, 1.807) is 0 Å². The highest BCUT2D eigenvalue weighted by Gasteiger charge is 2.08. The first-order chi connectivity index (χ1) is 8.25. The van der Waals surface area contributed by atoms with Gasteiger partial charge in [0.25, 0.3) is 11.5 Å². The number of aromatic amines is 1. The second-order valence-corrected chi connectivity index (χ2v) is 3.81. The van der Waals surface area contributed by atoms with Crippen LogP contribution in [0, 0.1) is 0 Å². The SMILES string of the molecule is O=C(NCC1=CCNCC1)c1ccc(=O)[nH]n1. The Kier molecular flexibility index (Phi) is 3.66. The lowest BCUT2D eigenvalue weighted by atomic mass is 10.1. The summed E-state index contributed by atoms with van der Waals surface area (Å²) < 4.78 is 0. The van der Waals surface area contributed by atoms with Crippen LogP contribution in [0.5, 0.6) is 0 Å². The van der Waals surface area contributed by atoms with Crippen LogP contribution in [0.3, 0.4) is 0 Å². The molecule has 17 heavy (non-hydrogen) atoms. The Bertz CT molecular complexity index is 472. The van der Waals surface area contributed by atoms with Crippen LogP contribution in [0.1, 0.15) is 16.9 Å². The largest absolute Gasteiger partial charge is 0.347 e. The number of amides is 1. The molecule has 0 saturated heterocycles. The van der Waals surface area contributed by atoms with E-state index in [1.807, 2.05) is 0 Å². The Balaban J connectivity index is 1.91. The third-order valence-electron chi connectivity index (χ3n) is 2.55. The molecule has 1 aliphatic rings. The van der Waals surface area contributed by atoms with E-state index in [2.05, 4.69) is 26.9 Å². The first kappa shape index (κ1) is 11.5. The molecule has 0 aliphatic carbocycles. The van der Waals surface area contributed by atoms with Crippen molar-refractivity contribution in [3.63, 3.8) is 0 Å². The number of rotatable bonds is 3. The third kappa shape index (κ3) is 3.25. The summed E-state index contributed by atoms with van der Waals surface area (Å²) in [6, 6.07) is 2.69. The van der Waals surface area contributed by atoms with E-state index in [0.717, 1.165) is 19.5 Å². The van der Waals surface area contributed by atoms with Gasteiger partial charge in [-0.2, -0.15) is 5.10 Å². The highest BCUT2D eigenvalue weighted by Crippen LogP contribution is 2.02. The van der Waals surface area contributed by atoms with Gasteiger partial charge in [0.1, 0.15) is 5.69 Å². The van der Waals surface area contributed by atoms with Crippen LogP contribution in [-0.4, -0.2) is 35.7 Å². The Morgan fingerprint density at radius 1 is 1.47 bits per heavy atom. The van der Waals surface area contributed by atoms with Crippen molar-refractivity contribution in [1.82, 2.24) is 20.8 Å². The molecule has 0 radical (unpaired) electrons.